The minimum atomic E-state index is -1.06. The summed E-state index contributed by atoms with van der Waals surface area (Å²) in [7, 11) is 4.49. The van der Waals surface area contributed by atoms with E-state index in [1.165, 1.54) is 27.5 Å². The van der Waals surface area contributed by atoms with E-state index < -0.39 is 23.8 Å². The Kier molecular flexibility index (Phi) is 9.42. The van der Waals surface area contributed by atoms with Gasteiger partial charge in [-0.3, -0.25) is 9.59 Å². The summed E-state index contributed by atoms with van der Waals surface area (Å²) in [6.45, 7) is 2.35. The average Bonchev–Trinajstić information content (AvgIpc) is 3.27. The van der Waals surface area contributed by atoms with Gasteiger partial charge in [0, 0.05) is 37.5 Å². The van der Waals surface area contributed by atoms with Gasteiger partial charge in [-0.25, -0.2) is 9.48 Å². The molecule has 2 N–H and O–H groups in total. The molecule has 2 aromatic rings. The lowest BCUT2D eigenvalue weighted by Gasteiger charge is -2.17. The van der Waals surface area contributed by atoms with Crippen molar-refractivity contribution in [2.24, 2.45) is 0 Å². The normalized spacial score (nSPS) is 11.4. The fourth-order valence-electron chi connectivity index (χ4n) is 2.70. The first-order valence-electron chi connectivity index (χ1n) is 9.80. The molecule has 0 aliphatic heterocycles. The van der Waals surface area contributed by atoms with Crippen molar-refractivity contribution in [1.29, 1.82) is 0 Å². The van der Waals surface area contributed by atoms with Crippen LogP contribution in [0.15, 0.2) is 24.4 Å². The van der Waals surface area contributed by atoms with Gasteiger partial charge < -0.3 is 29.6 Å². The van der Waals surface area contributed by atoms with Gasteiger partial charge in [0.1, 0.15) is 17.5 Å². The zero-order valence-corrected chi connectivity index (χ0v) is 18.4. The predicted molar refractivity (Wildman–Crippen MR) is 113 cm³/mol. The predicted octanol–water partition coefficient (Wildman–Crippen LogP) is 0.805. The van der Waals surface area contributed by atoms with E-state index in [4.69, 9.17) is 18.9 Å². The molecule has 0 aliphatic rings. The number of anilines is 1. The number of hydrogen-bond donors (Lipinski definition) is 2. The van der Waals surface area contributed by atoms with Crippen LogP contribution in [0.4, 0.5) is 5.69 Å². The molecule has 0 saturated heterocycles. The molecular weight excluding hydrogens is 422 g/mol. The molecular formula is C20H27N5O7. The number of nitrogens with one attached hydrogen (secondary N) is 2. The Morgan fingerprint density at radius 2 is 1.78 bits per heavy atom. The van der Waals surface area contributed by atoms with Crippen LogP contribution >= 0.6 is 0 Å². The highest BCUT2D eigenvalue weighted by molar-refractivity contribution is 5.95. The maximum absolute atomic E-state index is 12.7. The molecule has 0 unspecified atom stereocenters. The van der Waals surface area contributed by atoms with Crippen molar-refractivity contribution in [3.63, 3.8) is 0 Å². The van der Waals surface area contributed by atoms with Crippen molar-refractivity contribution in [2.75, 3.05) is 46.4 Å². The van der Waals surface area contributed by atoms with Gasteiger partial charge in [0.2, 0.25) is 11.8 Å². The zero-order valence-electron chi connectivity index (χ0n) is 18.4. The fourth-order valence-corrected chi connectivity index (χ4v) is 2.70. The third-order valence-corrected chi connectivity index (χ3v) is 4.24. The van der Waals surface area contributed by atoms with Gasteiger partial charge >= 0.3 is 5.97 Å². The fraction of sp³-hybridized carbons (Fsp3) is 0.450. The molecule has 0 bridgehead atoms. The minimum absolute atomic E-state index is 0.0699. The lowest BCUT2D eigenvalue weighted by molar-refractivity contribution is -0.128. The Bertz CT molecular complexity index is 909. The van der Waals surface area contributed by atoms with Crippen molar-refractivity contribution in [3.8, 4) is 11.5 Å². The molecule has 2 rings (SSSR count). The second kappa shape index (κ2) is 12.2. The number of esters is 1. The number of rotatable bonds is 12. The third-order valence-electron chi connectivity index (χ3n) is 4.24. The van der Waals surface area contributed by atoms with Crippen molar-refractivity contribution < 1.29 is 33.3 Å². The molecule has 0 fully saturated rings. The summed E-state index contributed by atoms with van der Waals surface area (Å²) >= 11 is 0. The van der Waals surface area contributed by atoms with Crippen LogP contribution in [0.2, 0.25) is 0 Å². The molecule has 1 aromatic heterocycles. The van der Waals surface area contributed by atoms with Gasteiger partial charge in [0.25, 0.3) is 0 Å². The summed E-state index contributed by atoms with van der Waals surface area (Å²) in [5.41, 5.74) is 0.357. The van der Waals surface area contributed by atoms with Gasteiger partial charge in [-0.05, 0) is 6.92 Å². The maximum atomic E-state index is 12.7. The number of methoxy groups -OCH3 is 3. The molecule has 0 radical (unpaired) electrons. The second-order valence-corrected chi connectivity index (χ2v) is 6.46. The summed E-state index contributed by atoms with van der Waals surface area (Å²) in [5.74, 6) is -0.654. The standard InChI is InChI=1S/C20H27N5O7/c1-5-32-20(28)16-12-25(24-23-16)17(19(27)21-6-7-29-2)11-18(26)22-13-8-14(30-3)10-15(9-13)31-4/h8-10,12,17H,5-7,11H2,1-4H3,(H,21,27)(H,22,26)/t17-/m0/s1. The highest BCUT2D eigenvalue weighted by Gasteiger charge is 2.26. The van der Waals surface area contributed by atoms with Gasteiger partial charge in [-0.2, -0.15) is 0 Å². The molecule has 174 valence electrons. The first-order chi connectivity index (χ1) is 15.4. The highest BCUT2D eigenvalue weighted by atomic mass is 16.5. The van der Waals surface area contributed by atoms with E-state index >= 15 is 0 Å². The molecule has 0 saturated carbocycles. The summed E-state index contributed by atoms with van der Waals surface area (Å²) in [4.78, 5) is 37.3. The van der Waals surface area contributed by atoms with E-state index in [1.54, 1.807) is 25.1 Å². The van der Waals surface area contributed by atoms with E-state index in [0.717, 1.165) is 4.68 Å². The Labute approximate surface area is 185 Å². The number of amides is 2. The van der Waals surface area contributed by atoms with E-state index in [-0.39, 0.29) is 25.3 Å². The van der Waals surface area contributed by atoms with Gasteiger partial charge in [0.05, 0.1) is 40.1 Å². The Morgan fingerprint density at radius 1 is 1.09 bits per heavy atom. The van der Waals surface area contributed by atoms with Crippen molar-refractivity contribution in [1.82, 2.24) is 20.3 Å². The van der Waals surface area contributed by atoms with E-state index in [2.05, 4.69) is 20.9 Å². The highest BCUT2D eigenvalue weighted by Crippen LogP contribution is 2.26. The first kappa shape index (κ1) is 24.6. The first-order valence-corrected chi connectivity index (χ1v) is 9.80. The number of carbonyl (C=O) groups is 3. The molecule has 1 heterocycles. The molecule has 0 aliphatic carbocycles. The maximum Gasteiger partial charge on any atom is 0.360 e. The van der Waals surface area contributed by atoms with Crippen molar-refractivity contribution in [3.05, 3.63) is 30.1 Å². The van der Waals surface area contributed by atoms with Crippen LogP contribution in [0.3, 0.4) is 0 Å². The molecule has 12 nitrogen and oxygen atoms in total. The number of nitrogens with zero attached hydrogens (tertiary/aromatic N) is 3. The monoisotopic (exact) mass is 449 g/mol. The second-order valence-electron chi connectivity index (χ2n) is 6.46. The van der Waals surface area contributed by atoms with E-state index in [1.807, 2.05) is 0 Å². The molecule has 2 amide bonds. The lowest BCUT2D eigenvalue weighted by Crippen LogP contribution is -2.36. The molecule has 0 spiro atoms. The number of hydrogen-bond acceptors (Lipinski definition) is 9. The van der Waals surface area contributed by atoms with Crippen molar-refractivity contribution in [2.45, 2.75) is 19.4 Å². The quantitative estimate of drug-likeness (QED) is 0.355. The Morgan fingerprint density at radius 3 is 2.38 bits per heavy atom. The zero-order chi connectivity index (χ0) is 23.5. The van der Waals surface area contributed by atoms with Crippen LogP contribution in [-0.4, -0.2) is 73.9 Å². The number of ether oxygens (including phenoxy) is 4. The number of benzene rings is 1. The van der Waals surface area contributed by atoms with Crippen LogP contribution in [0, 0.1) is 0 Å². The minimum Gasteiger partial charge on any atom is -0.497 e. The average molecular weight is 449 g/mol. The molecule has 12 heteroatoms. The topological polar surface area (TPSA) is 143 Å². The van der Waals surface area contributed by atoms with Gasteiger partial charge in [-0.15, -0.1) is 5.10 Å². The smallest absolute Gasteiger partial charge is 0.360 e. The molecule has 32 heavy (non-hydrogen) atoms. The van der Waals surface area contributed by atoms with E-state index in [9.17, 15) is 14.4 Å². The van der Waals surface area contributed by atoms with Crippen LogP contribution in [0.5, 0.6) is 11.5 Å². The molecule has 1 atom stereocenters. The van der Waals surface area contributed by atoms with E-state index in [0.29, 0.717) is 23.8 Å². The summed E-state index contributed by atoms with van der Waals surface area (Å²) < 4.78 is 21.4. The van der Waals surface area contributed by atoms with Crippen LogP contribution in [0.25, 0.3) is 0 Å². The Hall–Kier alpha value is -3.67. The van der Waals surface area contributed by atoms with Crippen LogP contribution < -0.4 is 20.1 Å². The van der Waals surface area contributed by atoms with Crippen LogP contribution in [0.1, 0.15) is 29.9 Å². The van der Waals surface area contributed by atoms with Crippen molar-refractivity contribution >= 4 is 23.5 Å². The summed E-state index contributed by atoms with van der Waals surface area (Å²) in [6, 6.07) is 3.83. The SMILES string of the molecule is CCOC(=O)c1cn([C@@H](CC(=O)Nc2cc(OC)cc(OC)c2)C(=O)NCCOC)nn1. The van der Waals surface area contributed by atoms with Crippen LogP contribution in [-0.2, 0) is 19.1 Å². The largest absolute Gasteiger partial charge is 0.497 e. The summed E-state index contributed by atoms with van der Waals surface area (Å²) in [5, 5.41) is 12.9. The number of aromatic nitrogens is 3. The third kappa shape index (κ3) is 6.94. The van der Waals surface area contributed by atoms with Gasteiger partial charge in [0.15, 0.2) is 5.69 Å². The Balaban J connectivity index is 2.20. The van der Waals surface area contributed by atoms with Gasteiger partial charge in [-0.1, -0.05) is 5.21 Å². The number of carbonyl (C=O) groups excluding carboxylic acids is 3. The lowest BCUT2D eigenvalue weighted by atomic mass is 10.1. The molecule has 1 aromatic carbocycles. The summed E-state index contributed by atoms with van der Waals surface area (Å²) in [6.07, 6.45) is 0.990.